The maximum absolute atomic E-state index is 9.52. The molecule has 1 rings (SSSR count). The minimum absolute atomic E-state index is 0.268. The summed E-state index contributed by atoms with van der Waals surface area (Å²) in [7, 11) is 0. The lowest BCUT2D eigenvalue weighted by Gasteiger charge is -2.40. The van der Waals surface area contributed by atoms with Crippen LogP contribution in [0.25, 0.3) is 0 Å². The van der Waals surface area contributed by atoms with Gasteiger partial charge >= 0.3 is 0 Å². The number of aliphatic hydroxyl groups excluding tert-OH is 1. The summed E-state index contributed by atoms with van der Waals surface area (Å²) >= 11 is 2.37. The molecule has 1 atom stereocenters. The van der Waals surface area contributed by atoms with Gasteiger partial charge in [-0.05, 0) is 20.8 Å². The van der Waals surface area contributed by atoms with Gasteiger partial charge in [-0.1, -0.05) is 22.6 Å². The molecule has 1 N–H and O–H groups in total. The summed E-state index contributed by atoms with van der Waals surface area (Å²) in [6.07, 6.45) is -0.726. The lowest BCUT2D eigenvalue weighted by molar-refractivity contribution is -0.250. The highest BCUT2D eigenvalue weighted by atomic mass is 127. The SMILES string of the molecule is CC(C)(C)OC(O)N1CC(I)C1. The van der Waals surface area contributed by atoms with E-state index in [0.717, 1.165) is 13.1 Å². The Labute approximate surface area is 87.2 Å². The van der Waals surface area contributed by atoms with Crippen LogP contribution in [-0.2, 0) is 4.74 Å². The van der Waals surface area contributed by atoms with Crippen LogP contribution >= 0.6 is 22.6 Å². The highest BCUT2D eigenvalue weighted by Crippen LogP contribution is 2.21. The zero-order chi connectivity index (χ0) is 9.35. The highest BCUT2D eigenvalue weighted by Gasteiger charge is 2.32. The molecule has 0 aromatic carbocycles. The van der Waals surface area contributed by atoms with Crippen LogP contribution in [0.5, 0.6) is 0 Å². The van der Waals surface area contributed by atoms with Gasteiger partial charge in [0.25, 0.3) is 0 Å². The first kappa shape index (κ1) is 10.7. The van der Waals surface area contributed by atoms with Gasteiger partial charge in [0.05, 0.1) is 5.60 Å². The van der Waals surface area contributed by atoms with E-state index < -0.39 is 6.41 Å². The largest absolute Gasteiger partial charge is 0.356 e. The summed E-state index contributed by atoms with van der Waals surface area (Å²) in [6, 6.07) is 0. The van der Waals surface area contributed by atoms with Gasteiger partial charge in [-0.2, -0.15) is 0 Å². The van der Waals surface area contributed by atoms with E-state index >= 15 is 0 Å². The van der Waals surface area contributed by atoms with Crippen molar-refractivity contribution in [2.24, 2.45) is 0 Å². The fraction of sp³-hybridized carbons (Fsp3) is 1.00. The Balaban J connectivity index is 2.25. The molecule has 1 aliphatic heterocycles. The molecule has 0 aliphatic carbocycles. The van der Waals surface area contributed by atoms with Crippen LogP contribution in [0.15, 0.2) is 0 Å². The van der Waals surface area contributed by atoms with Gasteiger partial charge in [-0.25, -0.2) is 0 Å². The fourth-order valence-corrected chi connectivity index (χ4v) is 2.04. The summed E-state index contributed by atoms with van der Waals surface area (Å²) in [5.74, 6) is 0. The summed E-state index contributed by atoms with van der Waals surface area (Å²) in [5, 5.41) is 9.52. The standard InChI is InChI=1S/C8H16INO2/c1-8(2,3)12-7(11)10-4-6(9)5-10/h6-7,11H,4-5H2,1-3H3. The predicted molar refractivity (Wildman–Crippen MR) is 56.2 cm³/mol. The third kappa shape index (κ3) is 3.16. The number of aliphatic hydroxyl groups is 1. The third-order valence-corrected chi connectivity index (χ3v) is 2.42. The quantitative estimate of drug-likeness (QED) is 0.470. The van der Waals surface area contributed by atoms with Gasteiger partial charge in [0, 0.05) is 17.0 Å². The number of nitrogens with zero attached hydrogens (tertiary/aromatic N) is 1. The zero-order valence-electron chi connectivity index (χ0n) is 7.75. The van der Waals surface area contributed by atoms with Crippen molar-refractivity contribution in [1.29, 1.82) is 0 Å². The van der Waals surface area contributed by atoms with Gasteiger partial charge in [0.2, 0.25) is 6.41 Å². The second-order valence-corrected chi connectivity index (χ2v) is 5.87. The second-order valence-electron chi connectivity index (χ2n) is 4.11. The van der Waals surface area contributed by atoms with E-state index in [4.69, 9.17) is 4.74 Å². The summed E-state index contributed by atoms with van der Waals surface area (Å²) in [6.45, 7) is 7.68. The number of ether oxygens (including phenoxy) is 1. The molecule has 4 heteroatoms. The molecule has 0 radical (unpaired) electrons. The maximum Gasteiger partial charge on any atom is 0.216 e. The monoisotopic (exact) mass is 285 g/mol. The van der Waals surface area contributed by atoms with Crippen LogP contribution in [-0.4, -0.2) is 39.0 Å². The molecule has 0 saturated carbocycles. The summed E-state index contributed by atoms with van der Waals surface area (Å²) < 4.78 is 6.04. The van der Waals surface area contributed by atoms with Gasteiger partial charge < -0.3 is 9.84 Å². The van der Waals surface area contributed by atoms with Crippen LogP contribution in [0, 0.1) is 0 Å². The molecule has 1 heterocycles. The van der Waals surface area contributed by atoms with Gasteiger partial charge in [-0.15, -0.1) is 0 Å². The molecule has 0 aromatic rings. The van der Waals surface area contributed by atoms with E-state index in [1.807, 2.05) is 25.7 Å². The Kier molecular flexibility index (Phi) is 3.36. The van der Waals surface area contributed by atoms with Crippen molar-refractivity contribution in [2.45, 2.75) is 36.7 Å². The molecule has 0 bridgehead atoms. The van der Waals surface area contributed by atoms with Crippen molar-refractivity contribution in [3.05, 3.63) is 0 Å². The Bertz CT molecular complexity index is 152. The van der Waals surface area contributed by atoms with Crippen LogP contribution in [0.3, 0.4) is 0 Å². The first-order valence-electron chi connectivity index (χ1n) is 4.12. The molecule has 1 fully saturated rings. The Hall–Kier alpha value is 0.610. The van der Waals surface area contributed by atoms with Crippen LogP contribution in [0.1, 0.15) is 20.8 Å². The molecule has 12 heavy (non-hydrogen) atoms. The van der Waals surface area contributed by atoms with E-state index in [1.54, 1.807) is 0 Å². The molecule has 1 saturated heterocycles. The molecule has 0 aromatic heterocycles. The third-order valence-electron chi connectivity index (χ3n) is 1.64. The van der Waals surface area contributed by atoms with Crippen molar-refractivity contribution < 1.29 is 9.84 Å². The molecule has 1 aliphatic rings. The van der Waals surface area contributed by atoms with E-state index in [9.17, 15) is 5.11 Å². The summed E-state index contributed by atoms with van der Waals surface area (Å²) in [4.78, 5) is 1.92. The second kappa shape index (κ2) is 3.77. The maximum atomic E-state index is 9.52. The van der Waals surface area contributed by atoms with E-state index in [-0.39, 0.29) is 5.60 Å². The van der Waals surface area contributed by atoms with Gasteiger partial charge in [0.1, 0.15) is 0 Å². The summed E-state index contributed by atoms with van der Waals surface area (Å²) in [5.41, 5.74) is -0.268. The number of halogens is 1. The Morgan fingerprint density at radius 2 is 2.00 bits per heavy atom. The van der Waals surface area contributed by atoms with Gasteiger partial charge in [-0.3, -0.25) is 4.90 Å². The fourth-order valence-electron chi connectivity index (χ4n) is 1.03. The highest BCUT2D eigenvalue weighted by molar-refractivity contribution is 14.1. The normalized spacial score (nSPS) is 23.8. The Morgan fingerprint density at radius 1 is 1.50 bits per heavy atom. The van der Waals surface area contributed by atoms with Crippen LogP contribution < -0.4 is 0 Å². The number of likely N-dealkylation sites (tertiary alicyclic amines) is 1. The van der Waals surface area contributed by atoms with Crippen molar-refractivity contribution in [2.75, 3.05) is 13.1 Å². The molecule has 0 amide bonds. The minimum Gasteiger partial charge on any atom is -0.356 e. The van der Waals surface area contributed by atoms with E-state index in [0.29, 0.717) is 3.92 Å². The number of hydrogen-bond acceptors (Lipinski definition) is 3. The van der Waals surface area contributed by atoms with E-state index in [1.165, 1.54) is 0 Å². The molecular formula is C8H16INO2. The molecular weight excluding hydrogens is 269 g/mol. The topological polar surface area (TPSA) is 32.7 Å². The molecule has 72 valence electrons. The number of rotatable bonds is 2. The van der Waals surface area contributed by atoms with Crippen LogP contribution in [0.4, 0.5) is 0 Å². The molecule has 3 nitrogen and oxygen atoms in total. The molecule has 0 spiro atoms. The number of alkyl halides is 1. The van der Waals surface area contributed by atoms with Crippen molar-refractivity contribution >= 4 is 22.6 Å². The number of hydrogen-bond donors (Lipinski definition) is 1. The zero-order valence-corrected chi connectivity index (χ0v) is 9.91. The first-order chi connectivity index (χ1) is 5.38. The average molecular weight is 285 g/mol. The Morgan fingerprint density at radius 3 is 2.33 bits per heavy atom. The lowest BCUT2D eigenvalue weighted by Crippen LogP contribution is -2.55. The van der Waals surface area contributed by atoms with Crippen molar-refractivity contribution in [3.8, 4) is 0 Å². The smallest absolute Gasteiger partial charge is 0.216 e. The lowest BCUT2D eigenvalue weighted by atomic mass is 10.2. The average Bonchev–Trinajstić information content (AvgIpc) is 1.76. The van der Waals surface area contributed by atoms with Crippen molar-refractivity contribution in [3.63, 3.8) is 0 Å². The van der Waals surface area contributed by atoms with E-state index in [2.05, 4.69) is 22.6 Å². The first-order valence-corrected chi connectivity index (χ1v) is 5.37. The minimum atomic E-state index is -0.726. The molecule has 1 unspecified atom stereocenters. The van der Waals surface area contributed by atoms with Gasteiger partial charge in [0.15, 0.2) is 0 Å². The van der Waals surface area contributed by atoms with Crippen molar-refractivity contribution in [1.82, 2.24) is 4.90 Å². The predicted octanol–water partition coefficient (Wildman–Crippen LogP) is 1.20. The van der Waals surface area contributed by atoms with Crippen LogP contribution in [0.2, 0.25) is 0 Å².